The molecule has 1 aromatic heterocycles. The number of pyridine rings is 1. The second kappa shape index (κ2) is 4.63. The van der Waals surface area contributed by atoms with Crippen molar-refractivity contribution in [3.8, 4) is 5.75 Å². The number of likely N-dealkylation sites (tertiary alicyclic amines) is 1. The molecule has 1 aliphatic rings. The number of aromatic nitrogens is 1. The van der Waals surface area contributed by atoms with E-state index in [2.05, 4.69) is 16.8 Å². The Morgan fingerprint density at radius 2 is 2.35 bits per heavy atom. The summed E-state index contributed by atoms with van der Waals surface area (Å²) in [5.74, 6) is 0.723. The average Bonchev–Trinajstić information content (AvgIpc) is 2.55. The number of likely N-dealkylation sites (N-methyl/N-ethyl adjacent to an activating group) is 1. The summed E-state index contributed by atoms with van der Waals surface area (Å²) in [5.41, 5.74) is 0.0496. The maximum atomic E-state index is 10.7. The van der Waals surface area contributed by atoms with Crippen LogP contribution in [0, 0.1) is 0 Å². The number of ether oxygens (including phenoxy) is 1. The second-order valence-corrected chi connectivity index (χ2v) is 4.84. The van der Waals surface area contributed by atoms with E-state index >= 15 is 0 Å². The van der Waals surface area contributed by atoms with Crippen LogP contribution in [0.1, 0.15) is 25.8 Å². The number of hydrogen-bond donors (Lipinski definition) is 1. The first kappa shape index (κ1) is 12.3. The molecule has 0 bridgehead atoms. The zero-order valence-corrected chi connectivity index (χ0v) is 10.7. The predicted molar refractivity (Wildman–Crippen MR) is 66.0 cm³/mol. The fourth-order valence-corrected chi connectivity index (χ4v) is 2.41. The first-order chi connectivity index (χ1) is 8.05. The molecule has 1 fully saturated rings. The molecule has 2 atom stereocenters. The van der Waals surface area contributed by atoms with E-state index in [1.807, 2.05) is 20.0 Å². The lowest BCUT2D eigenvalue weighted by atomic mass is 9.93. The van der Waals surface area contributed by atoms with Gasteiger partial charge in [0.05, 0.1) is 12.8 Å². The summed E-state index contributed by atoms with van der Waals surface area (Å²) in [6, 6.07) is 2.28. The minimum Gasteiger partial charge on any atom is -0.492 e. The highest BCUT2D eigenvalue weighted by Gasteiger charge is 2.40. The van der Waals surface area contributed by atoms with Crippen molar-refractivity contribution in [3.63, 3.8) is 0 Å². The Morgan fingerprint density at radius 1 is 1.59 bits per heavy atom. The SMILES string of the molecule is CCOc1cncc(C2(O)CC(C)N(C)C2)c1. The van der Waals surface area contributed by atoms with Gasteiger partial charge in [0, 0.05) is 24.3 Å². The Bertz CT molecular complexity index is 385. The average molecular weight is 236 g/mol. The van der Waals surface area contributed by atoms with E-state index in [1.54, 1.807) is 12.4 Å². The molecule has 1 N–H and O–H groups in total. The van der Waals surface area contributed by atoms with Crippen LogP contribution in [-0.2, 0) is 5.60 Å². The van der Waals surface area contributed by atoms with Gasteiger partial charge in [0.1, 0.15) is 11.4 Å². The molecule has 4 nitrogen and oxygen atoms in total. The molecule has 0 spiro atoms. The Kier molecular flexibility index (Phi) is 3.35. The van der Waals surface area contributed by atoms with Gasteiger partial charge in [-0.25, -0.2) is 0 Å². The molecular weight excluding hydrogens is 216 g/mol. The normalized spacial score (nSPS) is 29.5. The number of hydrogen-bond acceptors (Lipinski definition) is 4. The lowest BCUT2D eigenvalue weighted by Crippen LogP contribution is -2.29. The summed E-state index contributed by atoms with van der Waals surface area (Å²) < 4.78 is 5.42. The van der Waals surface area contributed by atoms with E-state index in [9.17, 15) is 5.11 Å². The summed E-state index contributed by atoms with van der Waals surface area (Å²) in [4.78, 5) is 6.30. The molecule has 94 valence electrons. The van der Waals surface area contributed by atoms with Gasteiger partial charge >= 0.3 is 0 Å². The van der Waals surface area contributed by atoms with Crippen molar-refractivity contribution < 1.29 is 9.84 Å². The van der Waals surface area contributed by atoms with Gasteiger partial charge in [-0.2, -0.15) is 0 Å². The third-order valence-electron chi connectivity index (χ3n) is 3.46. The molecule has 0 amide bonds. The van der Waals surface area contributed by atoms with Crippen LogP contribution in [0.15, 0.2) is 18.5 Å². The van der Waals surface area contributed by atoms with Crippen molar-refractivity contribution in [2.24, 2.45) is 0 Å². The fourth-order valence-electron chi connectivity index (χ4n) is 2.41. The predicted octanol–water partition coefficient (Wildman–Crippen LogP) is 1.39. The minimum absolute atomic E-state index is 0.385. The number of rotatable bonds is 3. The molecule has 0 radical (unpaired) electrons. The van der Waals surface area contributed by atoms with E-state index in [1.165, 1.54) is 0 Å². The molecule has 1 saturated heterocycles. The van der Waals surface area contributed by atoms with Gasteiger partial charge in [-0.3, -0.25) is 4.98 Å². The first-order valence-corrected chi connectivity index (χ1v) is 6.06. The third-order valence-corrected chi connectivity index (χ3v) is 3.46. The topological polar surface area (TPSA) is 45.6 Å². The number of nitrogens with zero attached hydrogens (tertiary/aromatic N) is 2. The summed E-state index contributed by atoms with van der Waals surface area (Å²) in [5, 5.41) is 10.7. The fraction of sp³-hybridized carbons (Fsp3) is 0.615. The highest BCUT2D eigenvalue weighted by molar-refractivity contribution is 5.29. The van der Waals surface area contributed by atoms with Gasteiger partial charge in [-0.1, -0.05) is 0 Å². The molecule has 0 aromatic carbocycles. The van der Waals surface area contributed by atoms with Crippen LogP contribution in [0.3, 0.4) is 0 Å². The monoisotopic (exact) mass is 236 g/mol. The molecule has 0 aliphatic carbocycles. The number of aliphatic hydroxyl groups is 1. The standard InChI is InChI=1S/C13H20N2O2/c1-4-17-12-5-11(7-14-8-12)13(16)6-10(2)15(3)9-13/h5,7-8,10,16H,4,6,9H2,1-3H3. The maximum absolute atomic E-state index is 10.7. The van der Waals surface area contributed by atoms with E-state index in [0.717, 1.165) is 17.7 Å². The summed E-state index contributed by atoms with van der Waals surface area (Å²) in [6.45, 7) is 5.32. The van der Waals surface area contributed by atoms with Gasteiger partial charge in [0.2, 0.25) is 0 Å². The molecule has 2 unspecified atom stereocenters. The van der Waals surface area contributed by atoms with Gasteiger partial charge < -0.3 is 14.7 Å². The van der Waals surface area contributed by atoms with E-state index in [-0.39, 0.29) is 0 Å². The third kappa shape index (κ3) is 2.42. The molecule has 0 saturated carbocycles. The van der Waals surface area contributed by atoms with Crippen LogP contribution in [0.4, 0.5) is 0 Å². The largest absolute Gasteiger partial charge is 0.492 e. The van der Waals surface area contributed by atoms with Gasteiger partial charge in [-0.05, 0) is 33.4 Å². The van der Waals surface area contributed by atoms with E-state index < -0.39 is 5.60 Å². The Balaban J connectivity index is 2.24. The van der Waals surface area contributed by atoms with Crippen molar-refractivity contribution in [2.45, 2.75) is 31.9 Å². The summed E-state index contributed by atoms with van der Waals surface area (Å²) in [7, 11) is 2.03. The van der Waals surface area contributed by atoms with Crippen LogP contribution in [0.25, 0.3) is 0 Å². The molecule has 17 heavy (non-hydrogen) atoms. The quantitative estimate of drug-likeness (QED) is 0.861. The number of β-amino-alcohol motifs (C(OH)–C–C–N with tert-alkyl or cyclic N) is 1. The van der Waals surface area contributed by atoms with Crippen LogP contribution in [-0.4, -0.2) is 41.2 Å². The second-order valence-electron chi connectivity index (χ2n) is 4.84. The highest BCUT2D eigenvalue weighted by atomic mass is 16.5. The highest BCUT2D eigenvalue weighted by Crippen LogP contribution is 2.35. The molecular formula is C13H20N2O2. The van der Waals surface area contributed by atoms with E-state index in [4.69, 9.17) is 4.74 Å². The molecule has 1 aromatic rings. The van der Waals surface area contributed by atoms with Crippen molar-refractivity contribution in [2.75, 3.05) is 20.2 Å². The van der Waals surface area contributed by atoms with Crippen LogP contribution < -0.4 is 4.74 Å². The van der Waals surface area contributed by atoms with Crippen molar-refractivity contribution >= 4 is 0 Å². The van der Waals surface area contributed by atoms with E-state index in [0.29, 0.717) is 19.2 Å². The Labute approximate surface area is 102 Å². The van der Waals surface area contributed by atoms with Crippen molar-refractivity contribution in [1.82, 2.24) is 9.88 Å². The first-order valence-electron chi connectivity index (χ1n) is 6.06. The maximum Gasteiger partial charge on any atom is 0.137 e. The van der Waals surface area contributed by atoms with Crippen molar-refractivity contribution in [3.05, 3.63) is 24.0 Å². The molecule has 2 rings (SSSR count). The smallest absolute Gasteiger partial charge is 0.137 e. The summed E-state index contributed by atoms with van der Waals surface area (Å²) in [6.07, 6.45) is 4.15. The van der Waals surface area contributed by atoms with Gasteiger partial charge in [0.15, 0.2) is 0 Å². The lowest BCUT2D eigenvalue weighted by molar-refractivity contribution is 0.0479. The summed E-state index contributed by atoms with van der Waals surface area (Å²) >= 11 is 0. The van der Waals surface area contributed by atoms with Gasteiger partial charge in [-0.15, -0.1) is 0 Å². The van der Waals surface area contributed by atoms with Crippen LogP contribution in [0.2, 0.25) is 0 Å². The van der Waals surface area contributed by atoms with Crippen molar-refractivity contribution in [1.29, 1.82) is 0 Å². The lowest BCUT2D eigenvalue weighted by Gasteiger charge is -2.22. The molecule has 4 heteroatoms. The Hall–Kier alpha value is -1.13. The molecule has 2 heterocycles. The molecule has 1 aliphatic heterocycles. The Morgan fingerprint density at radius 3 is 2.94 bits per heavy atom. The minimum atomic E-state index is -0.797. The zero-order valence-electron chi connectivity index (χ0n) is 10.7. The van der Waals surface area contributed by atoms with Crippen LogP contribution >= 0.6 is 0 Å². The van der Waals surface area contributed by atoms with Crippen LogP contribution in [0.5, 0.6) is 5.75 Å². The van der Waals surface area contributed by atoms with Gasteiger partial charge in [0.25, 0.3) is 0 Å². The zero-order chi connectivity index (χ0) is 12.5.